The van der Waals surface area contributed by atoms with Crippen LogP contribution in [0.1, 0.15) is 194 Å². The van der Waals surface area contributed by atoms with Crippen molar-refractivity contribution in [3.05, 3.63) is 23.8 Å². The fraction of sp³-hybridized carbons (Fsp3) is 0.882. The summed E-state index contributed by atoms with van der Waals surface area (Å²) < 4.78 is 0. The third-order valence-electron chi connectivity index (χ3n) is 7.38. The average molecular weight is 507 g/mol. The minimum Gasteiger partial charge on any atom is -0.0840 e. The van der Waals surface area contributed by atoms with Gasteiger partial charge >= 0.3 is 0 Å². The fourth-order valence-electron chi connectivity index (χ4n) is 4.92. The maximum atomic E-state index is 2.42. The summed E-state index contributed by atoms with van der Waals surface area (Å²) in [5, 5.41) is 0. The molecule has 0 spiro atoms. The van der Waals surface area contributed by atoms with Gasteiger partial charge in [0.1, 0.15) is 0 Å². The van der Waals surface area contributed by atoms with E-state index in [0.29, 0.717) is 0 Å². The molecule has 0 nitrogen and oxygen atoms in total. The van der Waals surface area contributed by atoms with E-state index in [0.717, 1.165) is 8.58 Å². The molecule has 0 aliphatic carbocycles. The van der Waals surface area contributed by atoms with Gasteiger partial charge in [0.05, 0.1) is 0 Å². The molecule has 0 aromatic heterocycles. The SMILES string of the molecule is CCCCCCCCCCCCCCC/C=C/P/C=C/CCCCCCCCCCCCCCC. The predicted octanol–water partition coefficient (Wildman–Crippen LogP) is 13.7. The number of hydrogen-bond acceptors (Lipinski definition) is 0. The van der Waals surface area contributed by atoms with Crippen LogP contribution in [0.15, 0.2) is 23.8 Å². The monoisotopic (exact) mass is 506 g/mol. The first-order valence-corrected chi connectivity index (χ1v) is 17.6. The Morgan fingerprint density at radius 3 is 0.800 bits per heavy atom. The van der Waals surface area contributed by atoms with Gasteiger partial charge < -0.3 is 0 Å². The van der Waals surface area contributed by atoms with E-state index in [1.807, 2.05) is 0 Å². The van der Waals surface area contributed by atoms with Gasteiger partial charge in [-0.3, -0.25) is 0 Å². The van der Waals surface area contributed by atoms with Gasteiger partial charge in [0, 0.05) is 0 Å². The first-order chi connectivity index (χ1) is 17.4. The summed E-state index contributed by atoms with van der Waals surface area (Å²) in [4.78, 5) is 0. The Balaban J connectivity index is 3.14. The Morgan fingerprint density at radius 1 is 0.314 bits per heavy atom. The molecule has 35 heavy (non-hydrogen) atoms. The number of unbranched alkanes of at least 4 members (excludes halogenated alkanes) is 26. The highest BCUT2D eigenvalue weighted by molar-refractivity contribution is 7.45. The van der Waals surface area contributed by atoms with Crippen LogP contribution < -0.4 is 0 Å². The van der Waals surface area contributed by atoms with Crippen LogP contribution in [0, 0.1) is 0 Å². The maximum Gasteiger partial charge on any atom is -0.0347 e. The van der Waals surface area contributed by atoms with Crippen LogP contribution in [0.4, 0.5) is 0 Å². The van der Waals surface area contributed by atoms with Crippen LogP contribution in [0.3, 0.4) is 0 Å². The zero-order valence-corrected chi connectivity index (χ0v) is 25.6. The van der Waals surface area contributed by atoms with Gasteiger partial charge in [0.2, 0.25) is 0 Å². The van der Waals surface area contributed by atoms with Crippen molar-refractivity contribution < 1.29 is 0 Å². The molecule has 0 aliphatic heterocycles. The molecule has 0 amide bonds. The van der Waals surface area contributed by atoms with Gasteiger partial charge in [-0.15, -0.1) is 0 Å². The highest BCUT2D eigenvalue weighted by atomic mass is 31.1. The van der Waals surface area contributed by atoms with Crippen molar-refractivity contribution in [1.82, 2.24) is 0 Å². The first kappa shape index (κ1) is 34.9. The first-order valence-electron chi connectivity index (χ1n) is 16.5. The van der Waals surface area contributed by atoms with E-state index in [1.54, 1.807) is 0 Å². The van der Waals surface area contributed by atoms with Crippen LogP contribution in [-0.2, 0) is 0 Å². The minimum absolute atomic E-state index is 0.893. The van der Waals surface area contributed by atoms with Gasteiger partial charge in [-0.05, 0) is 25.7 Å². The average Bonchev–Trinajstić information content (AvgIpc) is 2.87. The largest absolute Gasteiger partial charge is 0.0840 e. The molecule has 0 heterocycles. The van der Waals surface area contributed by atoms with Gasteiger partial charge in [0.25, 0.3) is 0 Å². The number of allylic oxidation sites excluding steroid dienone is 2. The van der Waals surface area contributed by atoms with Crippen molar-refractivity contribution in [1.29, 1.82) is 0 Å². The molecule has 0 atom stereocenters. The van der Waals surface area contributed by atoms with Crippen LogP contribution in [0.5, 0.6) is 0 Å². The van der Waals surface area contributed by atoms with E-state index < -0.39 is 0 Å². The molecule has 0 unspecified atom stereocenters. The van der Waals surface area contributed by atoms with Crippen molar-refractivity contribution >= 4 is 8.58 Å². The summed E-state index contributed by atoms with van der Waals surface area (Å²) in [5.41, 5.74) is 0. The normalized spacial score (nSPS) is 11.9. The maximum absolute atomic E-state index is 2.42. The molecule has 0 radical (unpaired) electrons. The van der Waals surface area contributed by atoms with Crippen molar-refractivity contribution in [2.45, 2.75) is 194 Å². The molecule has 0 saturated heterocycles. The highest BCUT2D eigenvalue weighted by Gasteiger charge is 1.94. The Hall–Kier alpha value is -0.0900. The smallest absolute Gasteiger partial charge is 0.0347 e. The molecule has 0 bridgehead atoms. The quantitative estimate of drug-likeness (QED) is 0.0671. The van der Waals surface area contributed by atoms with Crippen LogP contribution in [-0.4, -0.2) is 0 Å². The van der Waals surface area contributed by atoms with Gasteiger partial charge in [-0.1, -0.05) is 200 Å². The minimum atomic E-state index is 0.893. The van der Waals surface area contributed by atoms with E-state index in [2.05, 4.69) is 37.6 Å². The van der Waals surface area contributed by atoms with Crippen molar-refractivity contribution in [2.24, 2.45) is 0 Å². The second-order valence-electron chi connectivity index (χ2n) is 11.0. The Labute approximate surface area is 225 Å². The van der Waals surface area contributed by atoms with Crippen molar-refractivity contribution in [3.63, 3.8) is 0 Å². The molecule has 0 aromatic rings. The third kappa shape index (κ3) is 33.9. The molecular weight excluding hydrogens is 439 g/mol. The van der Waals surface area contributed by atoms with E-state index in [9.17, 15) is 0 Å². The Morgan fingerprint density at radius 2 is 0.543 bits per heavy atom. The van der Waals surface area contributed by atoms with Crippen LogP contribution in [0.25, 0.3) is 0 Å². The topological polar surface area (TPSA) is 0 Å². The van der Waals surface area contributed by atoms with E-state index >= 15 is 0 Å². The molecule has 0 rings (SSSR count). The lowest BCUT2D eigenvalue weighted by Crippen LogP contribution is -1.82. The third-order valence-corrected chi connectivity index (χ3v) is 8.23. The van der Waals surface area contributed by atoms with E-state index in [1.165, 1.54) is 180 Å². The van der Waals surface area contributed by atoms with E-state index in [-0.39, 0.29) is 0 Å². The Bertz CT molecular complexity index is 373. The van der Waals surface area contributed by atoms with Crippen molar-refractivity contribution in [3.8, 4) is 0 Å². The fourth-order valence-corrected chi connectivity index (χ4v) is 5.63. The summed E-state index contributed by atoms with van der Waals surface area (Å²) in [6, 6.07) is 0. The van der Waals surface area contributed by atoms with Crippen LogP contribution in [0.2, 0.25) is 0 Å². The molecule has 0 fully saturated rings. The molecule has 0 aliphatic rings. The molecule has 1 heteroatoms. The van der Waals surface area contributed by atoms with Gasteiger partial charge in [0.15, 0.2) is 0 Å². The summed E-state index contributed by atoms with van der Waals surface area (Å²) >= 11 is 0. The molecular formula is C34H67P. The molecule has 0 N–H and O–H groups in total. The predicted molar refractivity (Wildman–Crippen MR) is 167 cm³/mol. The van der Waals surface area contributed by atoms with Crippen molar-refractivity contribution in [2.75, 3.05) is 0 Å². The molecule has 0 aromatic carbocycles. The second kappa shape index (κ2) is 33.9. The van der Waals surface area contributed by atoms with E-state index in [4.69, 9.17) is 0 Å². The summed E-state index contributed by atoms with van der Waals surface area (Å²) in [5.74, 6) is 4.81. The highest BCUT2D eigenvalue weighted by Crippen LogP contribution is 2.18. The molecule has 0 saturated carbocycles. The van der Waals surface area contributed by atoms with Gasteiger partial charge in [-0.2, -0.15) is 0 Å². The molecule has 208 valence electrons. The zero-order chi connectivity index (χ0) is 25.3. The van der Waals surface area contributed by atoms with Gasteiger partial charge in [-0.25, -0.2) is 0 Å². The lowest BCUT2D eigenvalue weighted by Gasteiger charge is -2.02. The lowest BCUT2D eigenvalue weighted by atomic mass is 10.0. The lowest BCUT2D eigenvalue weighted by molar-refractivity contribution is 0.540. The summed E-state index contributed by atoms with van der Waals surface area (Å²) in [6.45, 7) is 4.60. The number of rotatable bonds is 30. The number of hydrogen-bond donors (Lipinski definition) is 0. The second-order valence-corrected chi connectivity index (χ2v) is 12.0. The Kier molecular flexibility index (Phi) is 33.8. The zero-order valence-electron chi connectivity index (χ0n) is 24.6. The summed E-state index contributed by atoms with van der Waals surface area (Å²) in [7, 11) is 0.893. The standard InChI is InChI=1S/C34H67P/c1-3-5-7-9-11-13-15-17-19-21-23-25-27-29-31-33-35-34-32-30-28-26-24-22-20-18-16-14-12-10-8-6-4-2/h31-35H,3-30H2,1-2H3/b33-31+,34-32+. The summed E-state index contributed by atoms with van der Waals surface area (Å²) in [6.07, 6.45) is 45.1. The van der Waals surface area contributed by atoms with Crippen LogP contribution >= 0.6 is 8.58 Å².